The van der Waals surface area contributed by atoms with Crippen molar-refractivity contribution in [1.82, 2.24) is 15.6 Å². The van der Waals surface area contributed by atoms with Crippen molar-refractivity contribution in [3.63, 3.8) is 0 Å². The molecule has 9 heteroatoms. The lowest BCUT2D eigenvalue weighted by Crippen LogP contribution is -2.28. The molecule has 0 saturated carbocycles. The van der Waals surface area contributed by atoms with Crippen molar-refractivity contribution >= 4 is 11.8 Å². The van der Waals surface area contributed by atoms with Crippen LogP contribution in [0.25, 0.3) is 0 Å². The number of carbonyl (C=O) groups excluding carboxylic acids is 2. The third-order valence-corrected chi connectivity index (χ3v) is 5.55. The van der Waals surface area contributed by atoms with Crippen molar-refractivity contribution in [1.29, 1.82) is 0 Å². The first kappa shape index (κ1) is 26.3. The molecule has 0 atom stereocenters. The first-order valence-corrected chi connectivity index (χ1v) is 11.4. The van der Waals surface area contributed by atoms with Crippen LogP contribution in [0.1, 0.15) is 32.0 Å². The normalized spacial score (nSPS) is 10.3. The zero-order chi connectivity index (χ0) is 25.9. The summed E-state index contributed by atoms with van der Waals surface area (Å²) < 4.78 is 21.1. The summed E-state index contributed by atoms with van der Waals surface area (Å²) in [6.07, 6.45) is 2.66. The lowest BCUT2D eigenvalue weighted by molar-refractivity contribution is 0.0949. The SMILES string of the molecule is COc1ccc(CCNC(=O)c2ccnc(C(=O)NCCc3ccc(OC)c(OC)c3)c2)cc1OC. The highest BCUT2D eigenvalue weighted by Crippen LogP contribution is 2.28. The summed E-state index contributed by atoms with van der Waals surface area (Å²) in [6, 6.07) is 14.3. The lowest BCUT2D eigenvalue weighted by atomic mass is 10.1. The molecule has 0 bridgehead atoms. The number of hydrogen-bond donors (Lipinski definition) is 2. The number of aromatic nitrogens is 1. The molecule has 190 valence electrons. The second-order valence-electron chi connectivity index (χ2n) is 7.82. The molecular weight excluding hydrogens is 462 g/mol. The van der Waals surface area contributed by atoms with Crippen molar-refractivity contribution < 1.29 is 28.5 Å². The number of benzene rings is 2. The van der Waals surface area contributed by atoms with Gasteiger partial charge in [-0.05, 0) is 60.4 Å². The van der Waals surface area contributed by atoms with Crippen molar-refractivity contribution in [3.8, 4) is 23.0 Å². The van der Waals surface area contributed by atoms with Crippen LogP contribution >= 0.6 is 0 Å². The quantitative estimate of drug-likeness (QED) is 0.399. The second kappa shape index (κ2) is 13.0. The molecule has 2 amide bonds. The molecule has 0 radical (unpaired) electrons. The Labute approximate surface area is 210 Å². The second-order valence-corrected chi connectivity index (χ2v) is 7.82. The maximum absolute atomic E-state index is 12.6. The average Bonchev–Trinajstić information content (AvgIpc) is 2.92. The number of hydrogen-bond acceptors (Lipinski definition) is 7. The zero-order valence-corrected chi connectivity index (χ0v) is 20.9. The molecule has 0 unspecified atom stereocenters. The van der Waals surface area contributed by atoms with E-state index in [9.17, 15) is 9.59 Å². The maximum atomic E-state index is 12.6. The summed E-state index contributed by atoms with van der Waals surface area (Å²) in [5, 5.41) is 5.71. The van der Waals surface area contributed by atoms with E-state index in [2.05, 4.69) is 15.6 Å². The number of nitrogens with zero attached hydrogens (tertiary/aromatic N) is 1. The van der Waals surface area contributed by atoms with Gasteiger partial charge in [-0.3, -0.25) is 14.6 Å². The Morgan fingerprint density at radius 3 is 1.67 bits per heavy atom. The highest BCUT2D eigenvalue weighted by atomic mass is 16.5. The predicted molar refractivity (Wildman–Crippen MR) is 135 cm³/mol. The molecule has 36 heavy (non-hydrogen) atoms. The highest BCUT2D eigenvalue weighted by Gasteiger charge is 2.12. The minimum atomic E-state index is -0.351. The molecule has 0 spiro atoms. The molecule has 0 fully saturated rings. The van der Waals surface area contributed by atoms with Crippen LogP contribution in [-0.2, 0) is 12.8 Å². The van der Waals surface area contributed by atoms with Crippen LogP contribution in [0.3, 0.4) is 0 Å². The van der Waals surface area contributed by atoms with Crippen molar-refractivity contribution in [3.05, 3.63) is 77.1 Å². The highest BCUT2D eigenvalue weighted by molar-refractivity contribution is 5.98. The summed E-state index contributed by atoms with van der Waals surface area (Å²) >= 11 is 0. The smallest absolute Gasteiger partial charge is 0.269 e. The summed E-state index contributed by atoms with van der Waals surface area (Å²) in [5.74, 6) is 1.93. The molecule has 1 heterocycles. The Kier molecular flexibility index (Phi) is 9.50. The standard InChI is InChI=1S/C27H31N3O6/c1-33-22-7-5-18(15-24(22)35-3)9-12-29-26(31)20-11-14-28-21(17-20)27(32)30-13-10-19-6-8-23(34-2)25(16-19)36-4/h5-8,11,14-17H,9-10,12-13H2,1-4H3,(H,29,31)(H,30,32). The van der Waals surface area contributed by atoms with Gasteiger partial charge in [-0.2, -0.15) is 0 Å². The summed E-state index contributed by atoms with van der Waals surface area (Å²) in [5.41, 5.74) is 2.53. The van der Waals surface area contributed by atoms with Gasteiger partial charge in [-0.15, -0.1) is 0 Å². The fourth-order valence-corrected chi connectivity index (χ4v) is 3.60. The fraction of sp³-hybridized carbons (Fsp3) is 0.296. The van der Waals surface area contributed by atoms with Crippen molar-refractivity contribution in [2.24, 2.45) is 0 Å². The van der Waals surface area contributed by atoms with Crippen LogP contribution in [0, 0.1) is 0 Å². The van der Waals surface area contributed by atoms with E-state index in [0.29, 0.717) is 54.5 Å². The molecule has 9 nitrogen and oxygen atoms in total. The number of methoxy groups -OCH3 is 4. The molecule has 1 aromatic heterocycles. The molecule has 0 aliphatic rings. The van der Waals surface area contributed by atoms with Crippen molar-refractivity contribution in [2.45, 2.75) is 12.8 Å². The third-order valence-electron chi connectivity index (χ3n) is 5.55. The fourth-order valence-electron chi connectivity index (χ4n) is 3.60. The van der Waals surface area contributed by atoms with Gasteiger partial charge in [0.25, 0.3) is 11.8 Å². The molecule has 0 aliphatic heterocycles. The van der Waals surface area contributed by atoms with Gasteiger partial charge < -0.3 is 29.6 Å². The largest absolute Gasteiger partial charge is 0.493 e. The monoisotopic (exact) mass is 493 g/mol. The summed E-state index contributed by atoms with van der Waals surface area (Å²) in [4.78, 5) is 29.3. The topological polar surface area (TPSA) is 108 Å². The molecule has 2 aromatic carbocycles. The summed E-state index contributed by atoms with van der Waals surface area (Å²) in [6.45, 7) is 0.821. The first-order valence-electron chi connectivity index (χ1n) is 11.4. The number of carbonyl (C=O) groups is 2. The van der Waals surface area contributed by atoms with E-state index in [-0.39, 0.29) is 17.5 Å². The Morgan fingerprint density at radius 1 is 0.667 bits per heavy atom. The van der Waals surface area contributed by atoms with E-state index in [4.69, 9.17) is 18.9 Å². The van der Waals surface area contributed by atoms with Gasteiger partial charge in [0.05, 0.1) is 28.4 Å². The van der Waals surface area contributed by atoms with Crippen LogP contribution in [0.2, 0.25) is 0 Å². The molecule has 0 saturated heterocycles. The van der Waals surface area contributed by atoms with E-state index >= 15 is 0 Å². The van der Waals surface area contributed by atoms with E-state index in [1.54, 1.807) is 34.5 Å². The van der Waals surface area contributed by atoms with Gasteiger partial charge in [-0.25, -0.2) is 0 Å². The van der Waals surface area contributed by atoms with Crippen LogP contribution in [0.4, 0.5) is 0 Å². The number of pyridine rings is 1. The van der Waals surface area contributed by atoms with Gasteiger partial charge in [0.1, 0.15) is 5.69 Å². The third kappa shape index (κ3) is 6.88. The Balaban J connectivity index is 1.51. The number of ether oxygens (including phenoxy) is 4. The predicted octanol–water partition coefficient (Wildman–Crippen LogP) is 3.06. The average molecular weight is 494 g/mol. The van der Waals surface area contributed by atoms with Crippen molar-refractivity contribution in [2.75, 3.05) is 41.5 Å². The van der Waals surface area contributed by atoms with Crippen LogP contribution in [0.15, 0.2) is 54.7 Å². The zero-order valence-electron chi connectivity index (χ0n) is 20.9. The number of amides is 2. The number of nitrogens with one attached hydrogen (secondary N) is 2. The molecule has 3 aromatic rings. The van der Waals surface area contributed by atoms with Gasteiger partial charge in [0, 0.05) is 24.8 Å². The van der Waals surface area contributed by atoms with Crippen LogP contribution in [-0.4, -0.2) is 58.3 Å². The van der Waals surface area contributed by atoms with Gasteiger partial charge in [0.2, 0.25) is 0 Å². The maximum Gasteiger partial charge on any atom is 0.269 e. The Bertz CT molecular complexity index is 1110. The lowest BCUT2D eigenvalue weighted by Gasteiger charge is -2.11. The Morgan fingerprint density at radius 2 is 1.17 bits per heavy atom. The molecular formula is C27H31N3O6. The van der Waals surface area contributed by atoms with Gasteiger partial charge in [-0.1, -0.05) is 12.1 Å². The van der Waals surface area contributed by atoms with Crippen LogP contribution < -0.4 is 29.6 Å². The first-order chi connectivity index (χ1) is 17.5. The molecule has 2 N–H and O–H groups in total. The van der Waals surface area contributed by atoms with Crippen LogP contribution in [0.5, 0.6) is 23.0 Å². The van der Waals surface area contributed by atoms with E-state index in [0.717, 1.165) is 11.1 Å². The Hall–Kier alpha value is -4.27. The van der Waals surface area contributed by atoms with E-state index in [1.165, 1.54) is 12.3 Å². The molecule has 0 aliphatic carbocycles. The minimum Gasteiger partial charge on any atom is -0.493 e. The van der Waals surface area contributed by atoms with E-state index in [1.807, 2.05) is 36.4 Å². The molecule has 3 rings (SSSR count). The van der Waals surface area contributed by atoms with E-state index < -0.39 is 0 Å². The van der Waals surface area contributed by atoms with Gasteiger partial charge in [0.15, 0.2) is 23.0 Å². The summed E-state index contributed by atoms with van der Waals surface area (Å²) in [7, 11) is 6.32. The minimum absolute atomic E-state index is 0.176. The number of rotatable bonds is 12. The van der Waals surface area contributed by atoms with Gasteiger partial charge >= 0.3 is 0 Å².